The molecular formula is C13H14N2O. The van der Waals surface area contributed by atoms with Crippen LogP contribution >= 0.6 is 0 Å². The van der Waals surface area contributed by atoms with Crippen molar-refractivity contribution in [3.8, 4) is 0 Å². The van der Waals surface area contributed by atoms with Crippen LogP contribution in [0.1, 0.15) is 12.1 Å². The third-order valence-electron chi connectivity index (χ3n) is 3.46. The maximum Gasteiger partial charge on any atom is 0.220 e. The van der Waals surface area contributed by atoms with Gasteiger partial charge in [-0.15, -0.1) is 0 Å². The Kier molecular flexibility index (Phi) is 1.99. The highest BCUT2D eigenvalue weighted by molar-refractivity contribution is 5.82. The van der Waals surface area contributed by atoms with Crippen LogP contribution in [0.15, 0.2) is 30.3 Å². The summed E-state index contributed by atoms with van der Waals surface area (Å²) in [5.41, 5.74) is 7.87. The molecule has 1 aliphatic heterocycles. The van der Waals surface area contributed by atoms with Gasteiger partial charge in [0.1, 0.15) is 0 Å². The van der Waals surface area contributed by atoms with Gasteiger partial charge in [0.05, 0.1) is 0 Å². The van der Waals surface area contributed by atoms with Gasteiger partial charge in [-0.1, -0.05) is 18.2 Å². The highest BCUT2D eigenvalue weighted by Gasteiger charge is 2.23. The largest absolute Gasteiger partial charge is 0.369 e. The van der Waals surface area contributed by atoms with Gasteiger partial charge in [-0.2, -0.15) is 0 Å². The van der Waals surface area contributed by atoms with Crippen LogP contribution in [-0.2, 0) is 17.8 Å². The fourth-order valence-corrected chi connectivity index (χ4v) is 2.58. The predicted octanol–water partition coefficient (Wildman–Crippen LogP) is 1.69. The second-order valence-corrected chi connectivity index (χ2v) is 4.44. The number of carbonyl (C=O) groups is 1. The Morgan fingerprint density at radius 2 is 2.19 bits per heavy atom. The third kappa shape index (κ3) is 1.32. The van der Waals surface area contributed by atoms with E-state index in [9.17, 15) is 4.79 Å². The average molecular weight is 214 g/mol. The van der Waals surface area contributed by atoms with Crippen molar-refractivity contribution in [3.05, 3.63) is 36.0 Å². The van der Waals surface area contributed by atoms with Gasteiger partial charge in [0.25, 0.3) is 0 Å². The minimum absolute atomic E-state index is 0.0109. The fourth-order valence-electron chi connectivity index (χ4n) is 2.58. The van der Waals surface area contributed by atoms with Gasteiger partial charge in [0, 0.05) is 23.7 Å². The molecule has 1 atom stereocenters. The van der Waals surface area contributed by atoms with E-state index in [1.807, 2.05) is 6.07 Å². The molecule has 0 aliphatic carbocycles. The number of rotatable bonds is 1. The van der Waals surface area contributed by atoms with Crippen molar-refractivity contribution in [1.29, 1.82) is 0 Å². The molecule has 1 aliphatic rings. The van der Waals surface area contributed by atoms with Crippen LogP contribution in [0.5, 0.6) is 0 Å². The molecule has 16 heavy (non-hydrogen) atoms. The van der Waals surface area contributed by atoms with Gasteiger partial charge in [0.15, 0.2) is 0 Å². The minimum Gasteiger partial charge on any atom is -0.369 e. The zero-order valence-corrected chi connectivity index (χ0v) is 9.02. The van der Waals surface area contributed by atoms with Crippen molar-refractivity contribution >= 4 is 16.8 Å². The van der Waals surface area contributed by atoms with E-state index >= 15 is 0 Å². The first-order chi connectivity index (χ1) is 7.75. The molecule has 1 amide bonds. The molecule has 3 nitrogen and oxygen atoms in total. The maximum atomic E-state index is 11.2. The second kappa shape index (κ2) is 3.37. The van der Waals surface area contributed by atoms with E-state index in [1.54, 1.807) is 0 Å². The molecule has 0 spiro atoms. The molecule has 2 N–H and O–H groups in total. The number of amides is 1. The molecule has 0 bridgehead atoms. The number of aryl methyl sites for hydroxylation is 1. The zero-order valence-electron chi connectivity index (χ0n) is 9.02. The molecule has 1 aromatic carbocycles. The first-order valence-corrected chi connectivity index (χ1v) is 5.62. The van der Waals surface area contributed by atoms with Crippen LogP contribution < -0.4 is 5.73 Å². The maximum absolute atomic E-state index is 11.2. The predicted molar refractivity (Wildman–Crippen MR) is 62.9 cm³/mol. The lowest BCUT2D eigenvalue weighted by atomic mass is 9.96. The minimum atomic E-state index is -0.170. The molecule has 82 valence electrons. The summed E-state index contributed by atoms with van der Waals surface area (Å²) >= 11 is 0. The van der Waals surface area contributed by atoms with Crippen LogP contribution in [-0.4, -0.2) is 10.5 Å². The summed E-state index contributed by atoms with van der Waals surface area (Å²) in [5.74, 6) is -0.159. The number of nitrogens with zero attached hydrogens (tertiary/aromatic N) is 1. The number of fused-ring (bicyclic) bond motifs is 3. The topological polar surface area (TPSA) is 48.0 Å². The van der Waals surface area contributed by atoms with E-state index in [0.29, 0.717) is 0 Å². The van der Waals surface area contributed by atoms with Crippen molar-refractivity contribution in [2.75, 3.05) is 0 Å². The Morgan fingerprint density at radius 1 is 1.38 bits per heavy atom. The number of primary amides is 1. The standard InChI is InChI=1S/C13H14N2O/c14-13(16)10-5-6-15-11(8-10)7-9-3-1-2-4-12(9)15/h1-4,7,10H,5-6,8H2,(H2,14,16). The molecule has 1 unspecified atom stereocenters. The van der Waals surface area contributed by atoms with Crippen LogP contribution in [0.2, 0.25) is 0 Å². The molecular weight excluding hydrogens is 200 g/mol. The summed E-state index contributed by atoms with van der Waals surface area (Å²) in [7, 11) is 0. The van der Waals surface area contributed by atoms with Gasteiger partial charge >= 0.3 is 0 Å². The lowest BCUT2D eigenvalue weighted by molar-refractivity contribution is -0.122. The van der Waals surface area contributed by atoms with E-state index in [-0.39, 0.29) is 11.8 Å². The van der Waals surface area contributed by atoms with Gasteiger partial charge in [-0.25, -0.2) is 0 Å². The average Bonchev–Trinajstić information content (AvgIpc) is 2.66. The Morgan fingerprint density at radius 3 is 3.00 bits per heavy atom. The zero-order chi connectivity index (χ0) is 11.1. The third-order valence-corrected chi connectivity index (χ3v) is 3.46. The normalized spacial score (nSPS) is 19.6. The fraction of sp³-hybridized carbons (Fsp3) is 0.308. The summed E-state index contributed by atoms with van der Waals surface area (Å²) in [6.07, 6.45) is 1.64. The van der Waals surface area contributed by atoms with Gasteiger partial charge < -0.3 is 10.3 Å². The van der Waals surface area contributed by atoms with Crippen molar-refractivity contribution in [3.63, 3.8) is 0 Å². The van der Waals surface area contributed by atoms with Gasteiger partial charge in [0.2, 0.25) is 5.91 Å². The Bertz CT molecular complexity index is 556. The van der Waals surface area contributed by atoms with E-state index in [1.165, 1.54) is 16.6 Å². The molecule has 0 saturated heterocycles. The molecule has 3 rings (SSSR count). The van der Waals surface area contributed by atoms with Crippen molar-refractivity contribution in [1.82, 2.24) is 4.57 Å². The smallest absolute Gasteiger partial charge is 0.220 e. The number of benzene rings is 1. The summed E-state index contributed by atoms with van der Waals surface area (Å²) in [4.78, 5) is 11.2. The van der Waals surface area contributed by atoms with Crippen LogP contribution in [0, 0.1) is 5.92 Å². The van der Waals surface area contributed by atoms with E-state index in [4.69, 9.17) is 5.73 Å². The Balaban J connectivity index is 2.09. The lowest BCUT2D eigenvalue weighted by Crippen LogP contribution is -2.30. The number of aromatic nitrogens is 1. The molecule has 0 radical (unpaired) electrons. The van der Waals surface area contributed by atoms with Crippen LogP contribution in [0.4, 0.5) is 0 Å². The first kappa shape index (κ1) is 9.46. The summed E-state index contributed by atoms with van der Waals surface area (Å²) in [6, 6.07) is 10.5. The van der Waals surface area contributed by atoms with Gasteiger partial charge in [-0.05, 0) is 30.4 Å². The number of hydrogen-bond acceptors (Lipinski definition) is 1. The second-order valence-electron chi connectivity index (χ2n) is 4.44. The highest BCUT2D eigenvalue weighted by Crippen LogP contribution is 2.27. The van der Waals surface area contributed by atoms with Crippen LogP contribution in [0.25, 0.3) is 10.9 Å². The number of para-hydroxylation sites is 1. The van der Waals surface area contributed by atoms with Gasteiger partial charge in [-0.3, -0.25) is 4.79 Å². The SMILES string of the molecule is NC(=O)C1CCn2c(cc3ccccc32)C1. The molecule has 3 heteroatoms. The molecule has 0 fully saturated rings. The highest BCUT2D eigenvalue weighted by atomic mass is 16.1. The van der Waals surface area contributed by atoms with Crippen LogP contribution in [0.3, 0.4) is 0 Å². The lowest BCUT2D eigenvalue weighted by Gasteiger charge is -2.22. The molecule has 2 aromatic rings. The van der Waals surface area contributed by atoms with E-state index in [2.05, 4.69) is 28.8 Å². The first-order valence-electron chi connectivity index (χ1n) is 5.62. The molecule has 0 saturated carbocycles. The van der Waals surface area contributed by atoms with E-state index in [0.717, 1.165) is 19.4 Å². The van der Waals surface area contributed by atoms with Crippen molar-refractivity contribution in [2.45, 2.75) is 19.4 Å². The quantitative estimate of drug-likeness (QED) is 0.771. The summed E-state index contributed by atoms with van der Waals surface area (Å²) in [5, 5.41) is 1.25. The summed E-state index contributed by atoms with van der Waals surface area (Å²) < 4.78 is 2.30. The van der Waals surface area contributed by atoms with Crippen molar-refractivity contribution in [2.24, 2.45) is 11.7 Å². The van der Waals surface area contributed by atoms with E-state index < -0.39 is 0 Å². The summed E-state index contributed by atoms with van der Waals surface area (Å²) in [6.45, 7) is 0.899. The number of hydrogen-bond donors (Lipinski definition) is 1. The molecule has 2 heterocycles. The monoisotopic (exact) mass is 214 g/mol. The molecule has 1 aromatic heterocycles. The Labute approximate surface area is 93.9 Å². The van der Waals surface area contributed by atoms with Crippen molar-refractivity contribution < 1.29 is 4.79 Å². The number of carbonyl (C=O) groups excluding carboxylic acids is 1. The Hall–Kier alpha value is -1.77. The number of nitrogens with two attached hydrogens (primary N) is 1.